The number of hydrogen-bond acceptors (Lipinski definition) is 2. The van der Waals surface area contributed by atoms with E-state index in [-0.39, 0.29) is 13.9 Å². The first-order valence-electron chi connectivity index (χ1n) is 7.61. The SMILES string of the molecule is CC1C=CC2[C@H]3Cc4ccc(P=O)cc4[C@@]2(CCN3)C1. The van der Waals surface area contributed by atoms with E-state index in [0.29, 0.717) is 17.9 Å². The molecule has 0 aromatic heterocycles. The zero-order valence-electron chi connectivity index (χ0n) is 11.8. The minimum Gasteiger partial charge on any atom is -0.313 e. The van der Waals surface area contributed by atoms with Crippen LogP contribution in [0.15, 0.2) is 30.4 Å². The topological polar surface area (TPSA) is 29.1 Å². The molecule has 4 atom stereocenters. The van der Waals surface area contributed by atoms with Crippen LogP contribution in [0, 0.1) is 11.8 Å². The minimum absolute atomic E-state index is 0.145. The van der Waals surface area contributed by atoms with Gasteiger partial charge in [-0.1, -0.05) is 25.1 Å². The van der Waals surface area contributed by atoms with Crippen molar-refractivity contribution in [2.75, 3.05) is 6.54 Å². The van der Waals surface area contributed by atoms with Crippen LogP contribution in [-0.4, -0.2) is 12.6 Å². The van der Waals surface area contributed by atoms with Crippen LogP contribution in [-0.2, 0) is 16.4 Å². The molecule has 2 unspecified atom stereocenters. The first-order chi connectivity index (χ1) is 9.73. The van der Waals surface area contributed by atoms with Gasteiger partial charge < -0.3 is 5.32 Å². The summed E-state index contributed by atoms with van der Waals surface area (Å²) in [6, 6.07) is 7.01. The molecule has 0 spiro atoms. The zero-order valence-corrected chi connectivity index (χ0v) is 12.7. The number of piperidine rings is 1. The largest absolute Gasteiger partial charge is 0.313 e. The summed E-state index contributed by atoms with van der Waals surface area (Å²) in [7, 11) is 0.145. The molecule has 1 heterocycles. The van der Waals surface area contributed by atoms with E-state index in [1.54, 1.807) is 0 Å². The van der Waals surface area contributed by atoms with E-state index in [1.807, 2.05) is 6.07 Å². The van der Waals surface area contributed by atoms with Crippen molar-refractivity contribution in [2.24, 2.45) is 11.8 Å². The first kappa shape index (κ1) is 12.7. The summed E-state index contributed by atoms with van der Waals surface area (Å²) in [5, 5.41) is 4.64. The van der Waals surface area contributed by atoms with E-state index >= 15 is 0 Å². The van der Waals surface area contributed by atoms with Crippen molar-refractivity contribution in [1.29, 1.82) is 0 Å². The van der Waals surface area contributed by atoms with E-state index in [2.05, 4.69) is 36.5 Å². The summed E-state index contributed by atoms with van der Waals surface area (Å²) in [6.07, 6.45) is 8.39. The quantitative estimate of drug-likeness (QED) is 0.635. The highest BCUT2D eigenvalue weighted by Crippen LogP contribution is 2.52. The molecule has 3 heteroatoms. The predicted octanol–water partition coefficient (Wildman–Crippen LogP) is 2.97. The third-order valence-corrected chi connectivity index (χ3v) is 6.05. The number of allylic oxidation sites excluding steroid dienone is 1. The molecule has 3 aliphatic rings. The number of hydrogen-bond donors (Lipinski definition) is 1. The van der Waals surface area contributed by atoms with Gasteiger partial charge in [0.15, 0.2) is 8.46 Å². The molecule has 1 fully saturated rings. The van der Waals surface area contributed by atoms with Crippen LogP contribution in [0.3, 0.4) is 0 Å². The second kappa shape index (κ2) is 4.51. The Morgan fingerprint density at radius 1 is 1.35 bits per heavy atom. The number of fused-ring (bicyclic) bond motifs is 1. The van der Waals surface area contributed by atoms with Crippen molar-refractivity contribution in [3.05, 3.63) is 41.5 Å². The van der Waals surface area contributed by atoms with Gasteiger partial charge in [0.05, 0.1) is 0 Å². The second-order valence-electron chi connectivity index (χ2n) is 6.70. The number of benzene rings is 1. The predicted molar refractivity (Wildman–Crippen MR) is 81.9 cm³/mol. The third-order valence-electron chi connectivity index (χ3n) is 5.56. The number of nitrogens with one attached hydrogen (secondary N) is 1. The zero-order chi connectivity index (χ0) is 13.7. The molecule has 1 aromatic rings. The van der Waals surface area contributed by atoms with Crippen molar-refractivity contribution >= 4 is 13.8 Å². The maximum Gasteiger partial charge on any atom is 0.192 e. The lowest BCUT2D eigenvalue weighted by molar-refractivity contribution is 0.132. The molecular formula is C17H20NOP. The molecule has 2 nitrogen and oxygen atoms in total. The average molecular weight is 285 g/mol. The van der Waals surface area contributed by atoms with Crippen LogP contribution in [0.1, 0.15) is 30.9 Å². The van der Waals surface area contributed by atoms with Crippen LogP contribution >= 0.6 is 8.46 Å². The van der Waals surface area contributed by atoms with Gasteiger partial charge in [-0.3, -0.25) is 4.57 Å². The highest BCUT2D eigenvalue weighted by Gasteiger charge is 2.51. The van der Waals surface area contributed by atoms with E-state index in [4.69, 9.17) is 0 Å². The van der Waals surface area contributed by atoms with Gasteiger partial charge in [-0.15, -0.1) is 0 Å². The number of rotatable bonds is 1. The highest BCUT2D eigenvalue weighted by molar-refractivity contribution is 7.34. The minimum atomic E-state index is 0.145. The summed E-state index contributed by atoms with van der Waals surface area (Å²) in [5.41, 5.74) is 3.23. The van der Waals surface area contributed by atoms with E-state index in [1.165, 1.54) is 24.0 Å². The Morgan fingerprint density at radius 2 is 2.25 bits per heavy atom. The molecule has 1 aromatic carbocycles. The Hall–Kier alpha value is -0.980. The van der Waals surface area contributed by atoms with Gasteiger partial charge in [-0.25, -0.2) is 0 Å². The Labute approximate surface area is 121 Å². The Morgan fingerprint density at radius 3 is 3.10 bits per heavy atom. The molecule has 0 saturated carbocycles. The maximum atomic E-state index is 11.3. The van der Waals surface area contributed by atoms with Crippen molar-refractivity contribution in [1.82, 2.24) is 5.32 Å². The fourth-order valence-electron chi connectivity index (χ4n) is 4.79. The monoisotopic (exact) mass is 285 g/mol. The molecule has 2 bridgehead atoms. The summed E-state index contributed by atoms with van der Waals surface area (Å²) >= 11 is 0. The highest BCUT2D eigenvalue weighted by atomic mass is 31.1. The lowest BCUT2D eigenvalue weighted by Gasteiger charge is -2.55. The van der Waals surface area contributed by atoms with Gasteiger partial charge in [0.25, 0.3) is 0 Å². The lowest BCUT2D eigenvalue weighted by atomic mass is 9.53. The summed E-state index contributed by atoms with van der Waals surface area (Å²) in [6.45, 7) is 3.43. The van der Waals surface area contributed by atoms with Crippen molar-refractivity contribution < 1.29 is 4.57 Å². The van der Waals surface area contributed by atoms with E-state index < -0.39 is 0 Å². The molecule has 1 saturated heterocycles. The van der Waals surface area contributed by atoms with Gasteiger partial charge >= 0.3 is 0 Å². The van der Waals surface area contributed by atoms with Crippen LogP contribution in [0.2, 0.25) is 0 Å². The van der Waals surface area contributed by atoms with E-state index in [9.17, 15) is 4.57 Å². The average Bonchev–Trinajstić information content (AvgIpc) is 2.46. The van der Waals surface area contributed by atoms with Gasteiger partial charge in [0.1, 0.15) is 0 Å². The van der Waals surface area contributed by atoms with Crippen molar-refractivity contribution in [3.8, 4) is 0 Å². The molecular weight excluding hydrogens is 265 g/mol. The molecule has 0 radical (unpaired) electrons. The fraction of sp³-hybridized carbons (Fsp3) is 0.529. The van der Waals surface area contributed by atoms with Gasteiger partial charge in [0, 0.05) is 22.7 Å². The van der Waals surface area contributed by atoms with Crippen molar-refractivity contribution in [2.45, 2.75) is 37.6 Å². The molecule has 1 aliphatic heterocycles. The maximum absolute atomic E-state index is 11.3. The van der Waals surface area contributed by atoms with Crippen LogP contribution in [0.5, 0.6) is 0 Å². The van der Waals surface area contributed by atoms with Gasteiger partial charge in [0.2, 0.25) is 0 Å². The van der Waals surface area contributed by atoms with Gasteiger partial charge in [-0.2, -0.15) is 0 Å². The van der Waals surface area contributed by atoms with Crippen LogP contribution in [0.25, 0.3) is 0 Å². The standard InChI is InChI=1S/C17H20NOP/c1-11-2-5-14-16-8-12-3-4-13(20-19)9-15(12)17(14,10-11)6-7-18-16/h2-5,9,11,14,16,18H,6-8,10H2,1H3/t11?,14?,16-,17+/m1/s1. The molecule has 0 amide bonds. The first-order valence-corrected chi connectivity index (χ1v) is 8.43. The summed E-state index contributed by atoms with van der Waals surface area (Å²) in [5.74, 6) is 1.25. The molecule has 2 aliphatic carbocycles. The second-order valence-corrected chi connectivity index (χ2v) is 7.39. The summed E-state index contributed by atoms with van der Waals surface area (Å²) in [4.78, 5) is 0. The molecule has 4 rings (SSSR count). The molecule has 20 heavy (non-hydrogen) atoms. The Bertz CT molecular complexity index is 597. The van der Waals surface area contributed by atoms with Crippen LogP contribution < -0.4 is 10.6 Å². The third kappa shape index (κ3) is 1.68. The fourth-order valence-corrected chi connectivity index (χ4v) is 5.11. The lowest BCUT2D eigenvalue weighted by Crippen LogP contribution is -2.59. The molecule has 104 valence electrons. The van der Waals surface area contributed by atoms with E-state index in [0.717, 1.165) is 18.3 Å². The Kier molecular flexibility index (Phi) is 2.87. The van der Waals surface area contributed by atoms with Gasteiger partial charge in [-0.05, 0) is 55.0 Å². The smallest absolute Gasteiger partial charge is 0.192 e. The molecule has 1 N–H and O–H groups in total. The Balaban J connectivity index is 1.93. The van der Waals surface area contributed by atoms with Crippen LogP contribution in [0.4, 0.5) is 0 Å². The summed E-state index contributed by atoms with van der Waals surface area (Å²) < 4.78 is 11.3. The van der Waals surface area contributed by atoms with Crippen molar-refractivity contribution in [3.63, 3.8) is 0 Å². The normalized spacial score (nSPS) is 38.4.